The number of carbonyl (C=O) groups excluding carboxylic acids is 1. The number of rotatable bonds is 5. The fraction of sp³-hybridized carbons (Fsp3) is 0.118. The summed E-state index contributed by atoms with van der Waals surface area (Å²) in [7, 11) is 0. The molecule has 114 valence electrons. The minimum atomic E-state index is -0.492. The van der Waals surface area contributed by atoms with E-state index in [0.29, 0.717) is 16.2 Å². The summed E-state index contributed by atoms with van der Waals surface area (Å²) in [5.74, 6) is -0.897. The molecule has 0 fully saturated rings. The maximum Gasteiger partial charge on any atom is 0.340 e. The fourth-order valence-corrected chi connectivity index (χ4v) is 1.95. The summed E-state index contributed by atoms with van der Waals surface area (Å²) in [5, 5.41) is 3.36. The molecule has 0 radical (unpaired) electrons. The van der Waals surface area contributed by atoms with E-state index in [1.54, 1.807) is 49.4 Å². The van der Waals surface area contributed by atoms with Gasteiger partial charge in [0.2, 0.25) is 0 Å². The molecule has 0 aromatic heterocycles. The number of hydrogen-bond donors (Lipinski definition) is 1. The third-order valence-corrected chi connectivity index (χ3v) is 3.15. The second-order valence-electron chi connectivity index (χ2n) is 4.41. The molecular formula is C17H15ClFNO2. The Hall–Kier alpha value is -2.33. The van der Waals surface area contributed by atoms with Crippen LogP contribution in [0.15, 0.2) is 54.7 Å². The topological polar surface area (TPSA) is 38.3 Å². The first-order valence-electron chi connectivity index (χ1n) is 6.76. The lowest BCUT2D eigenvalue weighted by atomic mass is 10.1. The molecular weight excluding hydrogens is 305 g/mol. The Morgan fingerprint density at radius 1 is 1.23 bits per heavy atom. The molecule has 0 heterocycles. The quantitative estimate of drug-likeness (QED) is 0.651. The van der Waals surface area contributed by atoms with Crippen LogP contribution in [0.3, 0.4) is 0 Å². The van der Waals surface area contributed by atoms with Crippen LogP contribution in [0, 0.1) is 5.82 Å². The van der Waals surface area contributed by atoms with E-state index >= 15 is 0 Å². The minimum Gasteiger partial charge on any atom is -0.462 e. The Morgan fingerprint density at radius 2 is 1.91 bits per heavy atom. The SMILES string of the molecule is CCOC(=O)/C(=C/Nc1ccccc1F)c1ccc(Cl)cc1. The number of carbonyl (C=O) groups is 1. The molecule has 0 aliphatic carbocycles. The van der Waals surface area contributed by atoms with E-state index in [1.165, 1.54) is 12.3 Å². The van der Waals surface area contributed by atoms with Gasteiger partial charge in [0, 0.05) is 11.2 Å². The maximum atomic E-state index is 13.6. The number of benzene rings is 2. The van der Waals surface area contributed by atoms with Crippen molar-refractivity contribution in [1.82, 2.24) is 0 Å². The van der Waals surface area contributed by atoms with Gasteiger partial charge in [-0.05, 0) is 36.8 Å². The van der Waals surface area contributed by atoms with E-state index in [-0.39, 0.29) is 12.3 Å². The summed E-state index contributed by atoms with van der Waals surface area (Å²) < 4.78 is 18.7. The van der Waals surface area contributed by atoms with Gasteiger partial charge in [-0.2, -0.15) is 0 Å². The minimum absolute atomic E-state index is 0.253. The molecule has 0 spiro atoms. The largest absolute Gasteiger partial charge is 0.462 e. The van der Waals surface area contributed by atoms with Crippen molar-refractivity contribution in [3.8, 4) is 0 Å². The molecule has 2 aromatic carbocycles. The fourth-order valence-electron chi connectivity index (χ4n) is 1.83. The zero-order valence-electron chi connectivity index (χ0n) is 12.0. The van der Waals surface area contributed by atoms with Crippen molar-refractivity contribution in [1.29, 1.82) is 0 Å². The average molecular weight is 320 g/mol. The van der Waals surface area contributed by atoms with Crippen LogP contribution in [0.25, 0.3) is 5.57 Å². The molecule has 22 heavy (non-hydrogen) atoms. The third-order valence-electron chi connectivity index (χ3n) is 2.90. The van der Waals surface area contributed by atoms with Crippen LogP contribution in [0.4, 0.5) is 10.1 Å². The van der Waals surface area contributed by atoms with Crippen LogP contribution in [-0.4, -0.2) is 12.6 Å². The van der Waals surface area contributed by atoms with Crippen molar-refractivity contribution in [2.24, 2.45) is 0 Å². The van der Waals surface area contributed by atoms with Gasteiger partial charge in [-0.3, -0.25) is 0 Å². The summed E-state index contributed by atoms with van der Waals surface area (Å²) >= 11 is 5.85. The van der Waals surface area contributed by atoms with Crippen molar-refractivity contribution in [2.75, 3.05) is 11.9 Å². The number of para-hydroxylation sites is 1. The van der Waals surface area contributed by atoms with Gasteiger partial charge in [0.1, 0.15) is 5.82 Å². The molecule has 0 saturated carbocycles. The average Bonchev–Trinajstić information content (AvgIpc) is 2.51. The standard InChI is InChI=1S/C17H15ClFNO2/c1-2-22-17(21)14(12-7-9-13(18)10-8-12)11-20-16-6-4-3-5-15(16)19/h3-11,20H,2H2,1H3/b14-11+. The molecule has 0 aliphatic rings. The number of esters is 1. The number of hydrogen-bond acceptors (Lipinski definition) is 3. The van der Waals surface area contributed by atoms with Gasteiger partial charge in [-0.1, -0.05) is 35.9 Å². The van der Waals surface area contributed by atoms with Crippen molar-refractivity contribution < 1.29 is 13.9 Å². The Bertz CT molecular complexity index is 683. The Kier molecular flexibility index (Phi) is 5.55. The van der Waals surface area contributed by atoms with Crippen LogP contribution in [0.1, 0.15) is 12.5 Å². The highest BCUT2D eigenvalue weighted by molar-refractivity contribution is 6.30. The van der Waals surface area contributed by atoms with Crippen molar-refractivity contribution in [3.05, 3.63) is 71.1 Å². The van der Waals surface area contributed by atoms with Crippen LogP contribution in [0.2, 0.25) is 5.02 Å². The van der Waals surface area contributed by atoms with E-state index in [4.69, 9.17) is 16.3 Å². The van der Waals surface area contributed by atoms with Crippen molar-refractivity contribution in [3.63, 3.8) is 0 Å². The van der Waals surface area contributed by atoms with E-state index in [9.17, 15) is 9.18 Å². The zero-order valence-corrected chi connectivity index (χ0v) is 12.7. The van der Waals surface area contributed by atoms with Gasteiger partial charge >= 0.3 is 5.97 Å². The van der Waals surface area contributed by atoms with E-state index < -0.39 is 11.8 Å². The highest BCUT2D eigenvalue weighted by Crippen LogP contribution is 2.20. The van der Waals surface area contributed by atoms with Crippen molar-refractivity contribution in [2.45, 2.75) is 6.92 Å². The highest BCUT2D eigenvalue weighted by atomic mass is 35.5. The van der Waals surface area contributed by atoms with Gasteiger partial charge in [0.05, 0.1) is 17.9 Å². The lowest BCUT2D eigenvalue weighted by Gasteiger charge is -2.09. The first kappa shape index (κ1) is 16.0. The lowest BCUT2D eigenvalue weighted by molar-refractivity contribution is -0.136. The Morgan fingerprint density at radius 3 is 2.55 bits per heavy atom. The molecule has 5 heteroatoms. The molecule has 0 bridgehead atoms. The van der Waals surface area contributed by atoms with E-state index in [1.807, 2.05) is 0 Å². The van der Waals surface area contributed by atoms with Crippen LogP contribution in [-0.2, 0) is 9.53 Å². The Labute approximate surface area is 133 Å². The van der Waals surface area contributed by atoms with E-state index in [0.717, 1.165) is 0 Å². The van der Waals surface area contributed by atoms with Crippen LogP contribution in [0.5, 0.6) is 0 Å². The second-order valence-corrected chi connectivity index (χ2v) is 4.85. The second kappa shape index (κ2) is 7.61. The molecule has 2 rings (SSSR count). The van der Waals surface area contributed by atoms with Gasteiger partial charge < -0.3 is 10.1 Å². The number of nitrogens with one attached hydrogen (secondary N) is 1. The van der Waals surface area contributed by atoms with E-state index in [2.05, 4.69) is 5.32 Å². The zero-order chi connectivity index (χ0) is 15.9. The predicted octanol–water partition coefficient (Wildman–Crippen LogP) is 4.50. The molecule has 0 aliphatic heterocycles. The molecule has 1 N–H and O–H groups in total. The molecule has 3 nitrogen and oxygen atoms in total. The molecule has 0 unspecified atom stereocenters. The van der Waals surface area contributed by atoms with Crippen molar-refractivity contribution >= 4 is 28.8 Å². The molecule has 0 atom stereocenters. The number of halogens is 2. The van der Waals surface area contributed by atoms with Crippen LogP contribution < -0.4 is 5.32 Å². The van der Waals surface area contributed by atoms with Gasteiger partial charge in [0.25, 0.3) is 0 Å². The highest BCUT2D eigenvalue weighted by Gasteiger charge is 2.13. The molecule has 0 amide bonds. The van der Waals surface area contributed by atoms with Gasteiger partial charge in [-0.25, -0.2) is 9.18 Å². The smallest absolute Gasteiger partial charge is 0.340 e. The normalized spacial score (nSPS) is 11.1. The first-order chi connectivity index (χ1) is 10.6. The first-order valence-corrected chi connectivity index (χ1v) is 7.14. The molecule has 0 saturated heterocycles. The lowest BCUT2D eigenvalue weighted by Crippen LogP contribution is -2.08. The summed E-state index contributed by atoms with van der Waals surface area (Å²) in [5.41, 5.74) is 1.20. The van der Waals surface area contributed by atoms with Crippen LogP contribution >= 0.6 is 11.6 Å². The summed E-state index contributed by atoms with van der Waals surface area (Å²) in [6, 6.07) is 13.0. The number of anilines is 1. The third kappa shape index (κ3) is 4.09. The molecule has 2 aromatic rings. The summed E-state index contributed by atoms with van der Waals surface area (Å²) in [6.45, 7) is 1.98. The maximum absolute atomic E-state index is 13.6. The Balaban J connectivity index is 2.31. The monoisotopic (exact) mass is 319 g/mol. The predicted molar refractivity (Wildman–Crippen MR) is 86.1 cm³/mol. The van der Waals surface area contributed by atoms with Gasteiger partial charge in [-0.15, -0.1) is 0 Å². The summed E-state index contributed by atoms with van der Waals surface area (Å²) in [6.07, 6.45) is 1.43. The summed E-state index contributed by atoms with van der Waals surface area (Å²) in [4.78, 5) is 12.1. The number of ether oxygens (including phenoxy) is 1. The van der Waals surface area contributed by atoms with Gasteiger partial charge in [0.15, 0.2) is 0 Å².